The molecule has 1 aromatic heterocycles. The molecule has 80 valence electrons. The second-order valence-corrected chi connectivity index (χ2v) is 3.20. The SMILES string of the molecule is N=C(N)c1ccncc1Oc1ccccc1. The van der Waals surface area contributed by atoms with Gasteiger partial charge in [-0.05, 0) is 18.2 Å². The average Bonchev–Trinajstić information content (AvgIpc) is 2.31. The number of benzene rings is 1. The number of nitrogens with two attached hydrogens (primary N) is 1. The predicted molar refractivity (Wildman–Crippen MR) is 61.8 cm³/mol. The Labute approximate surface area is 93.2 Å². The number of amidine groups is 1. The summed E-state index contributed by atoms with van der Waals surface area (Å²) in [7, 11) is 0. The molecular formula is C12H11N3O. The Kier molecular flexibility index (Phi) is 2.82. The van der Waals surface area contributed by atoms with Crippen LogP contribution in [0.4, 0.5) is 0 Å². The van der Waals surface area contributed by atoms with E-state index in [1.807, 2.05) is 30.3 Å². The first-order valence-corrected chi connectivity index (χ1v) is 4.78. The second kappa shape index (κ2) is 4.44. The van der Waals surface area contributed by atoms with Gasteiger partial charge in [-0.15, -0.1) is 0 Å². The molecule has 1 aromatic carbocycles. The molecule has 0 aliphatic rings. The third-order valence-corrected chi connectivity index (χ3v) is 2.05. The van der Waals surface area contributed by atoms with E-state index in [0.717, 1.165) is 0 Å². The van der Waals surface area contributed by atoms with Gasteiger partial charge in [-0.3, -0.25) is 10.4 Å². The Morgan fingerprint density at radius 3 is 2.62 bits per heavy atom. The lowest BCUT2D eigenvalue weighted by Crippen LogP contribution is -2.12. The molecule has 0 bridgehead atoms. The molecular weight excluding hydrogens is 202 g/mol. The largest absolute Gasteiger partial charge is 0.455 e. The Bertz CT molecular complexity index is 497. The van der Waals surface area contributed by atoms with Crippen LogP contribution in [0, 0.1) is 5.41 Å². The number of nitrogens with zero attached hydrogens (tertiary/aromatic N) is 1. The minimum Gasteiger partial charge on any atom is -0.455 e. The van der Waals surface area contributed by atoms with Crippen molar-refractivity contribution in [3.05, 3.63) is 54.4 Å². The zero-order valence-electron chi connectivity index (χ0n) is 8.55. The molecule has 0 aliphatic heterocycles. The fourth-order valence-electron chi connectivity index (χ4n) is 1.30. The minimum absolute atomic E-state index is 0.0340. The fourth-order valence-corrected chi connectivity index (χ4v) is 1.30. The van der Waals surface area contributed by atoms with Crippen LogP contribution >= 0.6 is 0 Å². The standard InChI is InChI=1S/C12H11N3O/c13-12(14)10-6-7-15-8-11(10)16-9-4-2-1-3-5-9/h1-8H,(H3,13,14). The van der Waals surface area contributed by atoms with Crippen LogP contribution in [-0.2, 0) is 0 Å². The van der Waals surface area contributed by atoms with E-state index in [-0.39, 0.29) is 5.84 Å². The highest BCUT2D eigenvalue weighted by atomic mass is 16.5. The molecule has 0 radical (unpaired) electrons. The van der Waals surface area contributed by atoms with Crippen LogP contribution in [0.25, 0.3) is 0 Å². The van der Waals surface area contributed by atoms with Gasteiger partial charge in [0.1, 0.15) is 11.6 Å². The van der Waals surface area contributed by atoms with Crippen molar-refractivity contribution in [3.63, 3.8) is 0 Å². The molecule has 2 aromatic rings. The van der Waals surface area contributed by atoms with Crippen LogP contribution in [-0.4, -0.2) is 10.8 Å². The van der Waals surface area contributed by atoms with Crippen molar-refractivity contribution in [3.8, 4) is 11.5 Å². The Morgan fingerprint density at radius 2 is 1.94 bits per heavy atom. The summed E-state index contributed by atoms with van der Waals surface area (Å²) in [6, 6.07) is 11.0. The molecule has 0 aliphatic carbocycles. The van der Waals surface area contributed by atoms with Gasteiger partial charge in [0.15, 0.2) is 5.75 Å². The van der Waals surface area contributed by atoms with Crippen molar-refractivity contribution >= 4 is 5.84 Å². The molecule has 0 unspecified atom stereocenters. The van der Waals surface area contributed by atoms with E-state index in [1.165, 1.54) is 0 Å². The maximum atomic E-state index is 7.41. The molecule has 3 N–H and O–H groups in total. The lowest BCUT2D eigenvalue weighted by Gasteiger charge is -2.08. The first-order chi connectivity index (χ1) is 7.77. The Hall–Kier alpha value is -2.36. The third-order valence-electron chi connectivity index (χ3n) is 2.05. The predicted octanol–water partition coefficient (Wildman–Crippen LogP) is 2.16. The summed E-state index contributed by atoms with van der Waals surface area (Å²) in [5.41, 5.74) is 5.98. The smallest absolute Gasteiger partial charge is 0.156 e. The maximum absolute atomic E-state index is 7.41. The summed E-state index contributed by atoms with van der Waals surface area (Å²) in [6.45, 7) is 0. The number of aromatic nitrogens is 1. The highest BCUT2D eigenvalue weighted by molar-refractivity contribution is 5.97. The van der Waals surface area contributed by atoms with Crippen LogP contribution in [0.5, 0.6) is 11.5 Å². The average molecular weight is 213 g/mol. The molecule has 0 spiro atoms. The van der Waals surface area contributed by atoms with Crippen molar-refractivity contribution in [2.24, 2.45) is 5.73 Å². The summed E-state index contributed by atoms with van der Waals surface area (Å²) < 4.78 is 5.59. The van der Waals surface area contributed by atoms with Gasteiger partial charge in [-0.25, -0.2) is 0 Å². The topological polar surface area (TPSA) is 72.0 Å². The maximum Gasteiger partial charge on any atom is 0.156 e. The van der Waals surface area contributed by atoms with Gasteiger partial charge >= 0.3 is 0 Å². The zero-order chi connectivity index (χ0) is 11.4. The Morgan fingerprint density at radius 1 is 1.19 bits per heavy atom. The molecule has 0 fully saturated rings. The number of para-hydroxylation sites is 1. The van der Waals surface area contributed by atoms with E-state index in [9.17, 15) is 0 Å². The summed E-state index contributed by atoms with van der Waals surface area (Å²) in [4.78, 5) is 3.95. The molecule has 2 rings (SSSR count). The summed E-state index contributed by atoms with van der Waals surface area (Å²) in [5, 5.41) is 7.41. The van der Waals surface area contributed by atoms with Gasteiger partial charge in [-0.2, -0.15) is 0 Å². The number of hydrogen-bond donors (Lipinski definition) is 2. The Balaban J connectivity index is 2.31. The van der Waals surface area contributed by atoms with Crippen LogP contribution in [0.2, 0.25) is 0 Å². The van der Waals surface area contributed by atoms with Gasteiger partial charge in [0.05, 0.1) is 11.8 Å². The van der Waals surface area contributed by atoms with E-state index in [0.29, 0.717) is 17.1 Å². The number of pyridine rings is 1. The number of nitrogens with one attached hydrogen (secondary N) is 1. The normalized spacial score (nSPS) is 9.75. The summed E-state index contributed by atoms with van der Waals surface area (Å²) >= 11 is 0. The highest BCUT2D eigenvalue weighted by Crippen LogP contribution is 2.23. The van der Waals surface area contributed by atoms with E-state index >= 15 is 0 Å². The van der Waals surface area contributed by atoms with Crippen LogP contribution in [0.3, 0.4) is 0 Å². The number of ether oxygens (including phenoxy) is 1. The molecule has 0 saturated carbocycles. The lowest BCUT2D eigenvalue weighted by atomic mass is 10.2. The molecule has 16 heavy (non-hydrogen) atoms. The van der Waals surface area contributed by atoms with Crippen molar-refractivity contribution in [2.75, 3.05) is 0 Å². The lowest BCUT2D eigenvalue weighted by molar-refractivity contribution is 0.479. The molecule has 4 heteroatoms. The van der Waals surface area contributed by atoms with Gasteiger partial charge in [-0.1, -0.05) is 18.2 Å². The minimum atomic E-state index is -0.0340. The van der Waals surface area contributed by atoms with E-state index in [2.05, 4.69) is 4.98 Å². The number of nitrogen functional groups attached to an aromatic ring is 1. The second-order valence-electron chi connectivity index (χ2n) is 3.20. The molecule has 0 atom stereocenters. The van der Waals surface area contributed by atoms with Crippen molar-refractivity contribution in [2.45, 2.75) is 0 Å². The molecule has 0 amide bonds. The van der Waals surface area contributed by atoms with Gasteiger partial charge in [0.25, 0.3) is 0 Å². The van der Waals surface area contributed by atoms with Crippen LogP contribution in [0.1, 0.15) is 5.56 Å². The van der Waals surface area contributed by atoms with Crippen LogP contribution < -0.4 is 10.5 Å². The first kappa shape index (κ1) is 10.2. The molecule has 4 nitrogen and oxygen atoms in total. The van der Waals surface area contributed by atoms with Crippen molar-refractivity contribution in [1.29, 1.82) is 5.41 Å². The van der Waals surface area contributed by atoms with E-state index < -0.39 is 0 Å². The van der Waals surface area contributed by atoms with E-state index in [4.69, 9.17) is 15.9 Å². The fraction of sp³-hybridized carbons (Fsp3) is 0. The van der Waals surface area contributed by atoms with Crippen LogP contribution in [0.15, 0.2) is 48.8 Å². The third kappa shape index (κ3) is 2.17. The van der Waals surface area contributed by atoms with Gasteiger partial charge in [0.2, 0.25) is 0 Å². The quantitative estimate of drug-likeness (QED) is 0.606. The first-order valence-electron chi connectivity index (χ1n) is 4.78. The summed E-state index contributed by atoms with van der Waals surface area (Å²) in [5.74, 6) is 1.15. The summed E-state index contributed by atoms with van der Waals surface area (Å²) in [6.07, 6.45) is 3.12. The highest BCUT2D eigenvalue weighted by Gasteiger charge is 2.06. The zero-order valence-corrected chi connectivity index (χ0v) is 8.55. The van der Waals surface area contributed by atoms with Gasteiger partial charge in [0, 0.05) is 6.20 Å². The number of rotatable bonds is 3. The van der Waals surface area contributed by atoms with Crippen molar-refractivity contribution in [1.82, 2.24) is 4.98 Å². The van der Waals surface area contributed by atoms with Gasteiger partial charge < -0.3 is 10.5 Å². The molecule has 0 saturated heterocycles. The van der Waals surface area contributed by atoms with E-state index in [1.54, 1.807) is 18.5 Å². The molecule has 1 heterocycles. The number of hydrogen-bond acceptors (Lipinski definition) is 3. The monoisotopic (exact) mass is 213 g/mol. The van der Waals surface area contributed by atoms with Crippen molar-refractivity contribution < 1.29 is 4.74 Å².